The van der Waals surface area contributed by atoms with Crippen molar-refractivity contribution in [3.63, 3.8) is 0 Å². The van der Waals surface area contributed by atoms with Gasteiger partial charge in [-0.25, -0.2) is 0 Å². The number of hydrogen-bond donors (Lipinski definition) is 2. The molecule has 0 bridgehead atoms. The molecule has 1 atom stereocenters. The van der Waals surface area contributed by atoms with Crippen molar-refractivity contribution in [1.29, 1.82) is 0 Å². The highest BCUT2D eigenvalue weighted by molar-refractivity contribution is 5.73. The summed E-state index contributed by atoms with van der Waals surface area (Å²) in [6.07, 6.45) is 7.04. The van der Waals surface area contributed by atoms with Gasteiger partial charge in [0.1, 0.15) is 6.04 Å². The second-order valence-electron chi connectivity index (χ2n) is 5.55. The summed E-state index contributed by atoms with van der Waals surface area (Å²) in [5, 5.41) is 12.7. The first kappa shape index (κ1) is 16.4. The fourth-order valence-electron chi connectivity index (χ4n) is 3.02. The van der Waals surface area contributed by atoms with E-state index in [1.165, 1.54) is 25.7 Å². The molecule has 0 aromatic carbocycles. The first-order valence-electron chi connectivity index (χ1n) is 7.87. The maximum atomic E-state index is 11.4. The molecule has 0 heterocycles. The van der Waals surface area contributed by atoms with Crippen molar-refractivity contribution >= 4 is 5.97 Å². The van der Waals surface area contributed by atoms with Crippen molar-refractivity contribution in [1.82, 2.24) is 10.2 Å². The van der Waals surface area contributed by atoms with E-state index in [9.17, 15) is 9.90 Å². The van der Waals surface area contributed by atoms with Crippen LogP contribution in [0.25, 0.3) is 0 Å². The molecule has 1 unspecified atom stereocenters. The van der Waals surface area contributed by atoms with Gasteiger partial charge in [-0.15, -0.1) is 0 Å². The van der Waals surface area contributed by atoms with Crippen molar-refractivity contribution < 1.29 is 9.90 Å². The summed E-state index contributed by atoms with van der Waals surface area (Å²) in [5.74, 6) is -0.358. The molecular formula is C15H30N2O2. The highest BCUT2D eigenvalue weighted by atomic mass is 16.4. The lowest BCUT2D eigenvalue weighted by atomic mass is 9.92. The first-order valence-corrected chi connectivity index (χ1v) is 7.87. The summed E-state index contributed by atoms with van der Waals surface area (Å²) >= 11 is 0. The van der Waals surface area contributed by atoms with Crippen molar-refractivity contribution in [2.75, 3.05) is 26.2 Å². The lowest BCUT2D eigenvalue weighted by Gasteiger charge is -2.25. The van der Waals surface area contributed by atoms with E-state index < -0.39 is 5.97 Å². The van der Waals surface area contributed by atoms with E-state index in [4.69, 9.17) is 0 Å². The summed E-state index contributed by atoms with van der Waals surface area (Å²) in [4.78, 5) is 13.8. The fraction of sp³-hybridized carbons (Fsp3) is 0.933. The second kappa shape index (κ2) is 9.32. The molecule has 1 saturated carbocycles. The molecule has 1 fully saturated rings. The lowest BCUT2D eigenvalue weighted by molar-refractivity contribution is -0.141. The van der Waals surface area contributed by atoms with Crippen LogP contribution in [0.15, 0.2) is 0 Å². The Hall–Kier alpha value is -0.610. The van der Waals surface area contributed by atoms with Gasteiger partial charge in [-0.3, -0.25) is 4.79 Å². The maximum absolute atomic E-state index is 11.4. The van der Waals surface area contributed by atoms with Gasteiger partial charge < -0.3 is 15.3 Å². The Balaban J connectivity index is 2.41. The molecular weight excluding hydrogens is 240 g/mol. The minimum absolute atomic E-state index is 0.316. The largest absolute Gasteiger partial charge is 0.480 e. The maximum Gasteiger partial charge on any atom is 0.320 e. The van der Waals surface area contributed by atoms with E-state index in [2.05, 4.69) is 24.1 Å². The number of likely N-dealkylation sites (N-methyl/N-ethyl adjacent to an activating group) is 1. The van der Waals surface area contributed by atoms with Gasteiger partial charge in [0.2, 0.25) is 0 Å². The Morgan fingerprint density at radius 3 is 2.26 bits per heavy atom. The molecule has 1 rings (SSSR count). The third kappa shape index (κ3) is 5.91. The zero-order valence-corrected chi connectivity index (χ0v) is 12.5. The molecule has 112 valence electrons. The number of rotatable bonds is 8. The van der Waals surface area contributed by atoms with Gasteiger partial charge in [0.05, 0.1) is 0 Å². The van der Waals surface area contributed by atoms with E-state index in [1.807, 2.05) is 0 Å². The normalized spacial score (nSPS) is 19.3. The topological polar surface area (TPSA) is 52.6 Å². The third-order valence-corrected chi connectivity index (χ3v) is 4.32. The molecule has 0 spiro atoms. The minimum Gasteiger partial charge on any atom is -0.480 e. The molecule has 1 aliphatic carbocycles. The molecule has 0 aromatic heterocycles. The van der Waals surface area contributed by atoms with Crippen molar-refractivity contribution in [3.8, 4) is 0 Å². The Morgan fingerprint density at radius 1 is 1.21 bits per heavy atom. The summed E-state index contributed by atoms with van der Waals surface area (Å²) in [6, 6.07) is -0.353. The summed E-state index contributed by atoms with van der Waals surface area (Å²) in [7, 11) is 0. The number of carbonyl (C=O) groups is 1. The standard InChI is InChI=1S/C15H30N2O2/c1-3-17(4-2)12-11-16-14(15(18)19)13-9-7-5-6-8-10-13/h13-14,16H,3-12H2,1-2H3,(H,18,19). The van der Waals surface area contributed by atoms with E-state index in [0.29, 0.717) is 5.92 Å². The summed E-state index contributed by atoms with van der Waals surface area (Å²) in [5.41, 5.74) is 0. The van der Waals surface area contributed by atoms with E-state index >= 15 is 0 Å². The highest BCUT2D eigenvalue weighted by Gasteiger charge is 2.27. The van der Waals surface area contributed by atoms with Crippen molar-refractivity contribution in [2.24, 2.45) is 5.92 Å². The average molecular weight is 270 g/mol. The van der Waals surface area contributed by atoms with Crippen LogP contribution in [0.4, 0.5) is 0 Å². The van der Waals surface area contributed by atoms with E-state index in [-0.39, 0.29) is 6.04 Å². The van der Waals surface area contributed by atoms with Crippen LogP contribution in [0.5, 0.6) is 0 Å². The molecule has 0 aliphatic heterocycles. The second-order valence-corrected chi connectivity index (χ2v) is 5.55. The SMILES string of the molecule is CCN(CC)CCNC(C(=O)O)C1CCCCCC1. The van der Waals surface area contributed by atoms with Crippen LogP contribution in [0.3, 0.4) is 0 Å². The molecule has 0 saturated heterocycles. The first-order chi connectivity index (χ1) is 9.19. The predicted molar refractivity (Wildman–Crippen MR) is 78.4 cm³/mol. The van der Waals surface area contributed by atoms with Crippen LogP contribution in [-0.2, 0) is 4.79 Å². The smallest absolute Gasteiger partial charge is 0.320 e. The number of carboxylic acid groups (broad SMARTS) is 1. The van der Waals surface area contributed by atoms with Gasteiger partial charge in [-0.1, -0.05) is 39.5 Å². The molecule has 0 radical (unpaired) electrons. The zero-order chi connectivity index (χ0) is 14.1. The van der Waals surface area contributed by atoms with E-state index in [0.717, 1.165) is 39.0 Å². The summed E-state index contributed by atoms with van der Waals surface area (Å²) in [6.45, 7) is 8.05. The number of hydrogen-bond acceptors (Lipinski definition) is 3. The molecule has 4 heteroatoms. The molecule has 0 amide bonds. The highest BCUT2D eigenvalue weighted by Crippen LogP contribution is 2.25. The molecule has 1 aliphatic rings. The molecule has 4 nitrogen and oxygen atoms in total. The molecule has 0 aromatic rings. The van der Waals surface area contributed by atoms with Crippen LogP contribution < -0.4 is 5.32 Å². The van der Waals surface area contributed by atoms with Gasteiger partial charge >= 0.3 is 5.97 Å². The lowest BCUT2D eigenvalue weighted by Crippen LogP contribution is -2.45. The number of carboxylic acids is 1. The van der Waals surface area contributed by atoms with Crippen LogP contribution in [-0.4, -0.2) is 48.2 Å². The van der Waals surface area contributed by atoms with Crippen molar-refractivity contribution in [3.05, 3.63) is 0 Å². The van der Waals surface area contributed by atoms with Gasteiger partial charge in [0.15, 0.2) is 0 Å². The predicted octanol–water partition coefficient (Wildman–Crippen LogP) is 2.34. The number of aliphatic carboxylic acids is 1. The van der Waals surface area contributed by atoms with Gasteiger partial charge in [0, 0.05) is 13.1 Å². The fourth-order valence-corrected chi connectivity index (χ4v) is 3.02. The van der Waals surface area contributed by atoms with Crippen molar-refractivity contribution in [2.45, 2.75) is 58.4 Å². The van der Waals surface area contributed by atoms with Gasteiger partial charge in [0.25, 0.3) is 0 Å². The van der Waals surface area contributed by atoms with E-state index in [1.54, 1.807) is 0 Å². The van der Waals surface area contributed by atoms with Crippen LogP contribution >= 0.6 is 0 Å². The van der Waals surface area contributed by atoms with Gasteiger partial charge in [-0.05, 0) is 31.8 Å². The zero-order valence-electron chi connectivity index (χ0n) is 12.5. The monoisotopic (exact) mass is 270 g/mol. The summed E-state index contributed by atoms with van der Waals surface area (Å²) < 4.78 is 0. The molecule has 2 N–H and O–H groups in total. The van der Waals surface area contributed by atoms with Crippen LogP contribution in [0.2, 0.25) is 0 Å². The average Bonchev–Trinajstić information content (AvgIpc) is 2.67. The van der Waals surface area contributed by atoms with Gasteiger partial charge in [-0.2, -0.15) is 0 Å². The number of nitrogens with one attached hydrogen (secondary N) is 1. The Kier molecular flexibility index (Phi) is 8.07. The number of nitrogens with zero attached hydrogens (tertiary/aromatic N) is 1. The van der Waals surface area contributed by atoms with Crippen LogP contribution in [0.1, 0.15) is 52.4 Å². The quantitative estimate of drug-likeness (QED) is 0.665. The Bertz CT molecular complexity index is 247. The Labute approximate surface area is 117 Å². The molecule has 19 heavy (non-hydrogen) atoms. The minimum atomic E-state index is -0.675. The third-order valence-electron chi connectivity index (χ3n) is 4.32. The Morgan fingerprint density at radius 2 is 1.79 bits per heavy atom. The van der Waals surface area contributed by atoms with Crippen LogP contribution in [0, 0.1) is 5.92 Å².